The Morgan fingerprint density at radius 1 is 1.19 bits per heavy atom. The summed E-state index contributed by atoms with van der Waals surface area (Å²) < 4.78 is 0. The molecule has 5 rings (SSSR count). The van der Waals surface area contributed by atoms with Crippen LogP contribution < -0.4 is 10.3 Å². The fourth-order valence-electron chi connectivity index (χ4n) is 4.43. The van der Waals surface area contributed by atoms with E-state index in [1.807, 2.05) is 36.3 Å². The number of hydrazine groups is 1. The number of fused-ring (bicyclic) bond motifs is 2. The van der Waals surface area contributed by atoms with Gasteiger partial charge in [-0.2, -0.15) is 5.01 Å². The summed E-state index contributed by atoms with van der Waals surface area (Å²) in [6, 6.07) is 14.2. The minimum atomic E-state index is -0.261. The summed E-state index contributed by atoms with van der Waals surface area (Å²) in [5, 5.41) is 2.04. The summed E-state index contributed by atoms with van der Waals surface area (Å²) in [5.41, 5.74) is 5.73. The topological polar surface area (TPSA) is 60.8 Å². The maximum Gasteiger partial charge on any atom is 0.247 e. The Morgan fingerprint density at radius 3 is 2.78 bits per heavy atom. The minimum absolute atomic E-state index is 0.0657. The van der Waals surface area contributed by atoms with Crippen LogP contribution >= 0.6 is 0 Å². The molecule has 1 unspecified atom stereocenters. The number of carbonyl (C=O) groups excluding carboxylic acids is 1. The second-order valence-corrected chi connectivity index (χ2v) is 7.76. The Balaban J connectivity index is 1.46. The molecule has 1 aromatic heterocycles. The van der Waals surface area contributed by atoms with Crippen LogP contribution in [0.1, 0.15) is 30.4 Å². The smallest absolute Gasteiger partial charge is 0.247 e. The van der Waals surface area contributed by atoms with Crippen molar-refractivity contribution >= 4 is 18.1 Å². The van der Waals surface area contributed by atoms with Crippen LogP contribution in [0.25, 0.3) is 0 Å². The number of likely N-dealkylation sites (N-methyl/N-ethyl adjacent to an activating group) is 1. The zero-order chi connectivity index (χ0) is 18.4. The average Bonchev–Trinajstić information content (AvgIpc) is 3.37. The second-order valence-electron chi connectivity index (χ2n) is 7.76. The SMILES string of the molecule is CN1C(=O)C(N2NC=N[C@@H]2Cc2ccccc2)CC2(CC2)c2cccnc21. The fraction of sp³-hybridized carbons (Fsp3) is 0.381. The highest BCUT2D eigenvalue weighted by Gasteiger charge is 2.53. The third-order valence-corrected chi connectivity index (χ3v) is 6.10. The van der Waals surface area contributed by atoms with Crippen molar-refractivity contribution in [2.75, 3.05) is 11.9 Å². The zero-order valence-electron chi connectivity index (χ0n) is 15.4. The first-order valence-electron chi connectivity index (χ1n) is 9.51. The quantitative estimate of drug-likeness (QED) is 0.911. The number of aliphatic imine (C=N–C) groups is 1. The van der Waals surface area contributed by atoms with E-state index in [2.05, 4.69) is 33.6 Å². The number of carbonyl (C=O) groups is 1. The zero-order valence-corrected chi connectivity index (χ0v) is 15.4. The Kier molecular flexibility index (Phi) is 3.75. The molecule has 1 fully saturated rings. The normalized spacial score (nSPS) is 26.0. The molecule has 6 heteroatoms. The lowest BCUT2D eigenvalue weighted by atomic mass is 9.90. The molecule has 2 aromatic rings. The van der Waals surface area contributed by atoms with Gasteiger partial charge in [-0.05, 0) is 30.9 Å². The molecule has 3 aliphatic rings. The van der Waals surface area contributed by atoms with Crippen LogP contribution in [0.3, 0.4) is 0 Å². The molecule has 1 N–H and O–H groups in total. The van der Waals surface area contributed by atoms with Crippen molar-refractivity contribution in [1.82, 2.24) is 15.4 Å². The first-order chi connectivity index (χ1) is 13.2. The van der Waals surface area contributed by atoms with Crippen LogP contribution in [0.2, 0.25) is 0 Å². The number of hydrogen-bond acceptors (Lipinski definition) is 5. The highest BCUT2D eigenvalue weighted by atomic mass is 16.2. The molecule has 1 spiro atoms. The highest BCUT2D eigenvalue weighted by molar-refractivity contribution is 5.98. The lowest BCUT2D eigenvalue weighted by Gasteiger charge is -2.32. The number of nitrogens with one attached hydrogen (secondary N) is 1. The molecule has 1 aliphatic carbocycles. The van der Waals surface area contributed by atoms with Gasteiger partial charge in [-0.1, -0.05) is 36.4 Å². The number of pyridine rings is 1. The molecule has 1 saturated carbocycles. The third-order valence-electron chi connectivity index (χ3n) is 6.10. The second kappa shape index (κ2) is 6.16. The van der Waals surface area contributed by atoms with Crippen LogP contribution in [-0.4, -0.2) is 41.5 Å². The first-order valence-corrected chi connectivity index (χ1v) is 9.51. The standard InChI is InChI=1S/C21H23N5O/c1-25-19-16(8-5-11-22-19)21(9-10-21)13-17(20(25)27)26-18(23-14-24-26)12-15-6-3-2-4-7-15/h2-8,11,14,17-18H,9-10,12-13H2,1H3,(H,23,24)/t17?,18-/m0/s1. The van der Waals surface area contributed by atoms with Gasteiger partial charge in [0.25, 0.3) is 0 Å². The van der Waals surface area contributed by atoms with Crippen LogP contribution in [0.15, 0.2) is 53.7 Å². The van der Waals surface area contributed by atoms with Crippen molar-refractivity contribution in [3.05, 3.63) is 59.8 Å². The first kappa shape index (κ1) is 16.4. The van der Waals surface area contributed by atoms with E-state index in [4.69, 9.17) is 0 Å². The van der Waals surface area contributed by atoms with Crippen LogP contribution in [0.4, 0.5) is 5.82 Å². The van der Waals surface area contributed by atoms with E-state index >= 15 is 0 Å². The Morgan fingerprint density at radius 2 is 2.00 bits per heavy atom. The molecule has 27 heavy (non-hydrogen) atoms. The van der Waals surface area contributed by atoms with Gasteiger partial charge < -0.3 is 5.43 Å². The summed E-state index contributed by atoms with van der Waals surface area (Å²) in [6.07, 6.45) is 7.21. The van der Waals surface area contributed by atoms with E-state index in [1.165, 1.54) is 11.1 Å². The molecule has 1 amide bonds. The molecule has 0 saturated heterocycles. The Labute approximate surface area is 158 Å². The predicted octanol–water partition coefficient (Wildman–Crippen LogP) is 2.27. The van der Waals surface area contributed by atoms with Crippen molar-refractivity contribution in [2.45, 2.75) is 43.3 Å². The van der Waals surface area contributed by atoms with E-state index in [0.29, 0.717) is 0 Å². The summed E-state index contributed by atoms with van der Waals surface area (Å²) in [4.78, 5) is 24.2. The number of hydrogen-bond donors (Lipinski definition) is 1. The van der Waals surface area contributed by atoms with Crippen LogP contribution in [-0.2, 0) is 16.6 Å². The lowest BCUT2D eigenvalue weighted by molar-refractivity contribution is -0.125. The lowest BCUT2D eigenvalue weighted by Crippen LogP contribution is -2.54. The van der Waals surface area contributed by atoms with E-state index in [0.717, 1.165) is 31.5 Å². The molecule has 2 aliphatic heterocycles. The highest BCUT2D eigenvalue weighted by Crippen LogP contribution is 2.56. The van der Waals surface area contributed by atoms with Gasteiger partial charge in [0, 0.05) is 30.6 Å². The van der Waals surface area contributed by atoms with E-state index < -0.39 is 0 Å². The van der Waals surface area contributed by atoms with Gasteiger partial charge in [0.15, 0.2) is 0 Å². The average molecular weight is 361 g/mol. The summed E-state index contributed by atoms with van der Waals surface area (Å²) in [5.74, 6) is 0.886. The number of rotatable bonds is 3. The molecule has 3 heterocycles. The van der Waals surface area contributed by atoms with E-state index in [9.17, 15) is 4.79 Å². The van der Waals surface area contributed by atoms with E-state index in [-0.39, 0.29) is 23.5 Å². The van der Waals surface area contributed by atoms with Gasteiger partial charge in [0.2, 0.25) is 5.91 Å². The van der Waals surface area contributed by atoms with Crippen molar-refractivity contribution in [1.29, 1.82) is 0 Å². The number of amides is 1. The number of nitrogens with zero attached hydrogens (tertiary/aromatic N) is 4. The van der Waals surface area contributed by atoms with Gasteiger partial charge >= 0.3 is 0 Å². The Bertz CT molecular complexity index is 892. The summed E-state index contributed by atoms with van der Waals surface area (Å²) in [6.45, 7) is 0. The predicted molar refractivity (Wildman–Crippen MR) is 104 cm³/mol. The number of anilines is 1. The van der Waals surface area contributed by atoms with Gasteiger partial charge in [-0.3, -0.25) is 14.7 Å². The number of benzene rings is 1. The monoisotopic (exact) mass is 361 g/mol. The minimum Gasteiger partial charge on any atom is -0.307 e. The maximum absolute atomic E-state index is 13.4. The largest absolute Gasteiger partial charge is 0.307 e. The summed E-state index contributed by atoms with van der Waals surface area (Å²) >= 11 is 0. The van der Waals surface area contributed by atoms with Gasteiger partial charge in [-0.15, -0.1) is 0 Å². The van der Waals surface area contributed by atoms with Crippen molar-refractivity contribution in [3.63, 3.8) is 0 Å². The molecule has 2 atom stereocenters. The molecule has 0 bridgehead atoms. The van der Waals surface area contributed by atoms with Crippen molar-refractivity contribution in [2.24, 2.45) is 4.99 Å². The number of aromatic nitrogens is 1. The van der Waals surface area contributed by atoms with Gasteiger partial charge in [-0.25, -0.2) is 4.98 Å². The fourth-order valence-corrected chi connectivity index (χ4v) is 4.43. The van der Waals surface area contributed by atoms with Crippen molar-refractivity contribution < 1.29 is 4.79 Å². The van der Waals surface area contributed by atoms with Gasteiger partial charge in [0.05, 0.1) is 6.34 Å². The van der Waals surface area contributed by atoms with Gasteiger partial charge in [0.1, 0.15) is 18.0 Å². The Hall–Kier alpha value is -2.73. The maximum atomic E-state index is 13.4. The molecular weight excluding hydrogens is 338 g/mol. The molecule has 0 radical (unpaired) electrons. The molecule has 138 valence electrons. The van der Waals surface area contributed by atoms with E-state index in [1.54, 1.807) is 17.4 Å². The molecule has 6 nitrogen and oxygen atoms in total. The van der Waals surface area contributed by atoms with Crippen molar-refractivity contribution in [3.8, 4) is 0 Å². The summed E-state index contributed by atoms with van der Waals surface area (Å²) in [7, 11) is 1.84. The van der Waals surface area contributed by atoms with Crippen LogP contribution in [0.5, 0.6) is 0 Å². The molecule has 1 aromatic carbocycles. The third kappa shape index (κ3) is 2.72. The van der Waals surface area contributed by atoms with Crippen LogP contribution in [0, 0.1) is 0 Å². The molecular formula is C21H23N5O.